The average Bonchev–Trinajstić information content (AvgIpc) is 2.64. The number of aliphatic hydroxyl groups is 2. The normalized spacial score (nSPS) is 17.0. The molecule has 0 aliphatic carbocycles. The third-order valence-corrected chi connectivity index (χ3v) is 4.96. The van der Waals surface area contributed by atoms with Crippen LogP contribution in [0.25, 0.3) is 0 Å². The van der Waals surface area contributed by atoms with E-state index in [1.165, 1.54) is 0 Å². The van der Waals surface area contributed by atoms with Gasteiger partial charge in [-0.15, -0.1) is 0 Å². The molecule has 128 valence electrons. The largest absolute Gasteiger partial charge is 0.393 e. The SMILES string of the molecule is Nc1ccc(SN2CCN(c3ccc(C(O)CO)cn3)CC2)cn1. The number of aromatic nitrogens is 2. The molecule has 1 atom stereocenters. The monoisotopic (exact) mass is 347 g/mol. The molecule has 2 aromatic rings. The molecular weight excluding hydrogens is 326 g/mol. The lowest BCUT2D eigenvalue weighted by molar-refractivity contribution is 0.0953. The van der Waals surface area contributed by atoms with E-state index in [0.29, 0.717) is 11.4 Å². The Bertz CT molecular complexity index is 645. The maximum Gasteiger partial charge on any atom is 0.128 e. The van der Waals surface area contributed by atoms with Crippen LogP contribution in [0.1, 0.15) is 11.7 Å². The summed E-state index contributed by atoms with van der Waals surface area (Å²) in [7, 11) is 0. The zero-order valence-corrected chi connectivity index (χ0v) is 14.1. The van der Waals surface area contributed by atoms with Gasteiger partial charge in [0.1, 0.15) is 17.7 Å². The molecule has 3 heterocycles. The van der Waals surface area contributed by atoms with Gasteiger partial charge in [0.05, 0.1) is 6.61 Å². The fraction of sp³-hybridized carbons (Fsp3) is 0.375. The summed E-state index contributed by atoms with van der Waals surface area (Å²) in [5, 5.41) is 18.6. The summed E-state index contributed by atoms with van der Waals surface area (Å²) in [4.78, 5) is 11.8. The highest BCUT2D eigenvalue weighted by Gasteiger charge is 2.19. The molecule has 1 aliphatic rings. The van der Waals surface area contributed by atoms with E-state index in [4.69, 9.17) is 10.8 Å². The van der Waals surface area contributed by atoms with Gasteiger partial charge in [0.2, 0.25) is 0 Å². The van der Waals surface area contributed by atoms with Crippen molar-refractivity contribution >= 4 is 23.6 Å². The Hall–Kier alpha value is -1.87. The average molecular weight is 347 g/mol. The number of hydrogen-bond acceptors (Lipinski definition) is 8. The molecule has 24 heavy (non-hydrogen) atoms. The van der Waals surface area contributed by atoms with Gasteiger partial charge in [0, 0.05) is 49.0 Å². The summed E-state index contributed by atoms with van der Waals surface area (Å²) in [6.45, 7) is 3.29. The fourth-order valence-corrected chi connectivity index (χ4v) is 3.36. The molecule has 3 rings (SSSR count). The smallest absolute Gasteiger partial charge is 0.128 e. The van der Waals surface area contributed by atoms with Crippen molar-refractivity contribution in [2.75, 3.05) is 43.4 Å². The summed E-state index contributed by atoms with van der Waals surface area (Å²) in [5.41, 5.74) is 6.23. The van der Waals surface area contributed by atoms with Crippen LogP contribution in [-0.4, -0.2) is 57.3 Å². The first kappa shape index (κ1) is 17.0. The van der Waals surface area contributed by atoms with E-state index in [2.05, 4.69) is 19.2 Å². The highest BCUT2D eigenvalue weighted by atomic mass is 32.2. The van der Waals surface area contributed by atoms with Crippen LogP contribution in [0.5, 0.6) is 0 Å². The van der Waals surface area contributed by atoms with Gasteiger partial charge >= 0.3 is 0 Å². The van der Waals surface area contributed by atoms with Gasteiger partial charge in [-0.3, -0.25) is 0 Å². The van der Waals surface area contributed by atoms with E-state index < -0.39 is 6.10 Å². The molecule has 1 fully saturated rings. The van der Waals surface area contributed by atoms with Crippen LogP contribution in [0.4, 0.5) is 11.6 Å². The van der Waals surface area contributed by atoms with Crippen LogP contribution >= 0.6 is 11.9 Å². The lowest BCUT2D eigenvalue weighted by Gasteiger charge is -2.34. The van der Waals surface area contributed by atoms with E-state index in [1.807, 2.05) is 24.3 Å². The first-order valence-corrected chi connectivity index (χ1v) is 8.57. The number of nitrogen functional groups attached to an aromatic ring is 1. The minimum absolute atomic E-state index is 0.295. The molecule has 7 nitrogen and oxygen atoms in total. The van der Waals surface area contributed by atoms with Crippen molar-refractivity contribution in [3.05, 3.63) is 42.2 Å². The summed E-state index contributed by atoms with van der Waals surface area (Å²) < 4.78 is 2.30. The van der Waals surface area contributed by atoms with E-state index in [-0.39, 0.29) is 6.61 Å². The number of nitrogens with two attached hydrogens (primary N) is 1. The molecule has 0 aromatic carbocycles. The molecule has 0 amide bonds. The fourth-order valence-electron chi connectivity index (χ4n) is 2.49. The van der Waals surface area contributed by atoms with Gasteiger partial charge < -0.3 is 20.8 Å². The van der Waals surface area contributed by atoms with Crippen molar-refractivity contribution in [2.45, 2.75) is 11.0 Å². The zero-order valence-electron chi connectivity index (χ0n) is 13.2. The Morgan fingerprint density at radius 3 is 2.46 bits per heavy atom. The van der Waals surface area contributed by atoms with Crippen LogP contribution < -0.4 is 10.6 Å². The number of rotatable bonds is 5. The van der Waals surface area contributed by atoms with Gasteiger partial charge in [0.25, 0.3) is 0 Å². The Balaban J connectivity index is 1.54. The van der Waals surface area contributed by atoms with Gasteiger partial charge in [-0.2, -0.15) is 0 Å². The zero-order chi connectivity index (χ0) is 16.9. The van der Waals surface area contributed by atoms with Crippen LogP contribution in [0.3, 0.4) is 0 Å². The Morgan fingerprint density at radius 1 is 1.08 bits per heavy atom. The number of piperazine rings is 1. The van der Waals surface area contributed by atoms with Crippen molar-refractivity contribution in [2.24, 2.45) is 0 Å². The molecule has 4 N–H and O–H groups in total. The maximum atomic E-state index is 9.60. The Labute approximate surface area is 145 Å². The third kappa shape index (κ3) is 4.15. The molecule has 1 unspecified atom stereocenters. The van der Waals surface area contributed by atoms with Gasteiger partial charge in [-0.05, 0) is 30.1 Å². The molecular formula is C16H21N5O2S. The topological polar surface area (TPSA) is 98.7 Å². The highest BCUT2D eigenvalue weighted by molar-refractivity contribution is 7.97. The highest BCUT2D eigenvalue weighted by Crippen LogP contribution is 2.25. The standard InChI is InChI=1S/C16H21N5O2S/c17-15-3-2-13(10-18-15)24-21-7-5-20(6-8-21)16-4-1-12(9-19-16)14(23)11-22/h1-4,9-10,14,22-23H,5-8,11H2,(H2,17,18). The third-order valence-electron chi connectivity index (χ3n) is 3.88. The first-order valence-electron chi connectivity index (χ1n) is 7.80. The molecule has 1 saturated heterocycles. The minimum atomic E-state index is -0.867. The predicted octanol–water partition coefficient (Wildman–Crippen LogP) is 0.914. The van der Waals surface area contributed by atoms with Crippen LogP contribution in [0.2, 0.25) is 0 Å². The van der Waals surface area contributed by atoms with E-state index >= 15 is 0 Å². The van der Waals surface area contributed by atoms with E-state index in [1.54, 1.807) is 24.3 Å². The molecule has 0 spiro atoms. The Kier molecular flexibility index (Phi) is 5.52. The summed E-state index contributed by atoms with van der Waals surface area (Å²) in [6, 6.07) is 7.49. The number of hydrogen-bond donors (Lipinski definition) is 3. The van der Waals surface area contributed by atoms with Crippen molar-refractivity contribution in [1.29, 1.82) is 0 Å². The van der Waals surface area contributed by atoms with Crippen LogP contribution in [-0.2, 0) is 0 Å². The molecule has 8 heteroatoms. The van der Waals surface area contributed by atoms with E-state index in [9.17, 15) is 5.11 Å². The second-order valence-electron chi connectivity index (χ2n) is 5.57. The number of nitrogens with zero attached hydrogens (tertiary/aromatic N) is 4. The predicted molar refractivity (Wildman–Crippen MR) is 94.6 cm³/mol. The molecule has 1 aliphatic heterocycles. The lowest BCUT2D eigenvalue weighted by atomic mass is 10.2. The van der Waals surface area contributed by atoms with Gasteiger partial charge in [-0.25, -0.2) is 14.3 Å². The molecule has 0 saturated carbocycles. The second kappa shape index (κ2) is 7.80. The number of pyridine rings is 2. The van der Waals surface area contributed by atoms with Crippen LogP contribution in [0.15, 0.2) is 41.6 Å². The van der Waals surface area contributed by atoms with E-state index in [0.717, 1.165) is 36.9 Å². The maximum absolute atomic E-state index is 9.60. The van der Waals surface area contributed by atoms with Crippen molar-refractivity contribution in [3.63, 3.8) is 0 Å². The summed E-state index contributed by atoms with van der Waals surface area (Å²) in [6.07, 6.45) is 2.55. The Morgan fingerprint density at radius 2 is 1.88 bits per heavy atom. The number of aliphatic hydroxyl groups excluding tert-OH is 2. The molecule has 2 aromatic heterocycles. The van der Waals surface area contributed by atoms with Crippen LogP contribution in [0, 0.1) is 0 Å². The van der Waals surface area contributed by atoms with Crippen molar-refractivity contribution in [3.8, 4) is 0 Å². The molecule has 0 radical (unpaired) electrons. The van der Waals surface area contributed by atoms with Gasteiger partial charge in [-0.1, -0.05) is 6.07 Å². The minimum Gasteiger partial charge on any atom is -0.393 e. The van der Waals surface area contributed by atoms with Gasteiger partial charge in [0.15, 0.2) is 0 Å². The second-order valence-corrected chi connectivity index (χ2v) is 6.74. The summed E-state index contributed by atoms with van der Waals surface area (Å²) in [5.74, 6) is 1.42. The molecule has 0 bridgehead atoms. The van der Waals surface area contributed by atoms with Crippen molar-refractivity contribution in [1.82, 2.24) is 14.3 Å². The quantitative estimate of drug-likeness (QED) is 0.687. The van der Waals surface area contributed by atoms with Crippen molar-refractivity contribution < 1.29 is 10.2 Å². The summed E-state index contributed by atoms with van der Waals surface area (Å²) >= 11 is 1.69. The number of anilines is 2. The first-order chi connectivity index (χ1) is 11.7. The lowest BCUT2D eigenvalue weighted by Crippen LogP contribution is -2.43.